The first-order valence-electron chi connectivity index (χ1n) is 4.34. The zero-order chi connectivity index (χ0) is 10.3. The Kier molecular flexibility index (Phi) is 5.88. The highest BCUT2D eigenvalue weighted by molar-refractivity contribution is 5.84. The van der Waals surface area contributed by atoms with Gasteiger partial charge in [-0.05, 0) is 6.42 Å². The fourth-order valence-electron chi connectivity index (χ4n) is 1.11. The summed E-state index contributed by atoms with van der Waals surface area (Å²) in [6, 6.07) is 0. The molecule has 5 nitrogen and oxygen atoms in total. The first kappa shape index (κ1) is 11.9. The number of carbonyl (C=O) groups is 2. The molecule has 76 valence electrons. The van der Waals surface area contributed by atoms with Gasteiger partial charge in [-0.25, -0.2) is 5.48 Å². The number of nitrogens with one attached hydrogen (secondary N) is 1. The number of nitrogens with two attached hydrogens (primary N) is 1. The van der Waals surface area contributed by atoms with E-state index in [1.165, 1.54) is 5.48 Å². The fraction of sp³-hybridized carbons (Fsp3) is 0.750. The molecule has 0 saturated carbocycles. The molecule has 1 atom stereocenters. The van der Waals surface area contributed by atoms with E-state index in [9.17, 15) is 9.59 Å². The van der Waals surface area contributed by atoms with Crippen LogP contribution in [0.1, 0.15) is 32.6 Å². The maximum atomic E-state index is 11.0. The highest BCUT2D eigenvalue weighted by Crippen LogP contribution is 2.12. The SMILES string of the molecule is CCCC[C@H](CC(N)=O)C(=O)NO. The Bertz CT molecular complexity index is 182. The zero-order valence-electron chi connectivity index (χ0n) is 7.75. The molecule has 0 aromatic carbocycles. The molecule has 2 amide bonds. The lowest BCUT2D eigenvalue weighted by atomic mass is 9.97. The van der Waals surface area contributed by atoms with Crippen LogP contribution in [0.15, 0.2) is 0 Å². The molecule has 0 fully saturated rings. The van der Waals surface area contributed by atoms with Crippen LogP contribution in [0.4, 0.5) is 0 Å². The number of unbranched alkanes of at least 4 members (excludes halogenated alkanes) is 1. The molecule has 0 aliphatic rings. The predicted octanol–water partition coefficient (Wildman–Crippen LogP) is 0.174. The number of carbonyl (C=O) groups excluding carboxylic acids is 2. The minimum absolute atomic E-state index is 0.00755. The normalized spacial score (nSPS) is 12.2. The number of rotatable bonds is 6. The molecule has 0 aromatic rings. The number of hydrogen-bond donors (Lipinski definition) is 3. The predicted molar refractivity (Wildman–Crippen MR) is 46.8 cm³/mol. The maximum Gasteiger partial charge on any atom is 0.246 e. The van der Waals surface area contributed by atoms with Crippen molar-refractivity contribution in [2.24, 2.45) is 11.7 Å². The Balaban J connectivity index is 4.02. The van der Waals surface area contributed by atoms with Crippen molar-refractivity contribution >= 4 is 11.8 Å². The topological polar surface area (TPSA) is 92.4 Å². The molecule has 0 unspecified atom stereocenters. The van der Waals surface area contributed by atoms with Crippen molar-refractivity contribution in [2.75, 3.05) is 0 Å². The van der Waals surface area contributed by atoms with Crippen LogP contribution in [-0.4, -0.2) is 17.0 Å². The van der Waals surface area contributed by atoms with E-state index in [-0.39, 0.29) is 6.42 Å². The van der Waals surface area contributed by atoms with Crippen LogP contribution in [0.25, 0.3) is 0 Å². The molecule has 0 aliphatic heterocycles. The van der Waals surface area contributed by atoms with Gasteiger partial charge in [-0.15, -0.1) is 0 Å². The van der Waals surface area contributed by atoms with E-state index in [1.807, 2.05) is 6.92 Å². The van der Waals surface area contributed by atoms with Gasteiger partial charge in [0.15, 0.2) is 0 Å². The van der Waals surface area contributed by atoms with Gasteiger partial charge >= 0.3 is 0 Å². The van der Waals surface area contributed by atoms with E-state index in [0.717, 1.165) is 12.8 Å². The average Bonchev–Trinajstić information content (AvgIpc) is 2.10. The van der Waals surface area contributed by atoms with Crippen molar-refractivity contribution in [3.63, 3.8) is 0 Å². The monoisotopic (exact) mass is 188 g/mol. The first-order chi connectivity index (χ1) is 6.11. The standard InChI is InChI=1S/C8H16N2O3/c1-2-3-4-6(5-7(9)11)8(12)10-13/h6,13H,2-5H2,1H3,(H2,9,11)(H,10,12)/t6-/m1/s1. The van der Waals surface area contributed by atoms with Gasteiger partial charge in [0.05, 0.1) is 0 Å². The van der Waals surface area contributed by atoms with Crippen LogP contribution in [0.2, 0.25) is 0 Å². The highest BCUT2D eigenvalue weighted by Gasteiger charge is 2.19. The van der Waals surface area contributed by atoms with Gasteiger partial charge in [0.2, 0.25) is 11.8 Å². The summed E-state index contributed by atoms with van der Waals surface area (Å²) in [4.78, 5) is 21.5. The quantitative estimate of drug-likeness (QED) is 0.410. The van der Waals surface area contributed by atoms with E-state index in [2.05, 4.69) is 0 Å². The molecule has 5 heteroatoms. The fourth-order valence-corrected chi connectivity index (χ4v) is 1.11. The lowest BCUT2D eigenvalue weighted by Gasteiger charge is -2.11. The molecule has 0 heterocycles. The van der Waals surface area contributed by atoms with Crippen LogP contribution in [0.5, 0.6) is 0 Å². The second-order valence-electron chi connectivity index (χ2n) is 2.99. The molecule has 4 N–H and O–H groups in total. The van der Waals surface area contributed by atoms with Crippen molar-refractivity contribution in [1.82, 2.24) is 5.48 Å². The highest BCUT2D eigenvalue weighted by atomic mass is 16.5. The van der Waals surface area contributed by atoms with E-state index >= 15 is 0 Å². The summed E-state index contributed by atoms with van der Waals surface area (Å²) in [7, 11) is 0. The Morgan fingerprint density at radius 2 is 2.15 bits per heavy atom. The number of hydroxylamine groups is 1. The van der Waals surface area contributed by atoms with Gasteiger partial charge in [0.25, 0.3) is 0 Å². The van der Waals surface area contributed by atoms with E-state index < -0.39 is 17.7 Å². The Morgan fingerprint density at radius 3 is 2.54 bits per heavy atom. The third kappa shape index (κ3) is 5.19. The van der Waals surface area contributed by atoms with Gasteiger partial charge < -0.3 is 5.73 Å². The summed E-state index contributed by atoms with van der Waals surface area (Å²) in [5.74, 6) is -1.56. The third-order valence-electron chi connectivity index (χ3n) is 1.83. The second-order valence-corrected chi connectivity index (χ2v) is 2.99. The van der Waals surface area contributed by atoms with Crippen LogP contribution < -0.4 is 11.2 Å². The summed E-state index contributed by atoms with van der Waals surface area (Å²) in [6.07, 6.45) is 2.34. The third-order valence-corrected chi connectivity index (χ3v) is 1.83. The van der Waals surface area contributed by atoms with Crippen molar-refractivity contribution in [2.45, 2.75) is 32.6 Å². The Labute approximate surface area is 77.3 Å². The molecule has 0 bridgehead atoms. The van der Waals surface area contributed by atoms with Gasteiger partial charge in [0.1, 0.15) is 0 Å². The lowest BCUT2D eigenvalue weighted by Crippen LogP contribution is -2.31. The van der Waals surface area contributed by atoms with Crippen LogP contribution >= 0.6 is 0 Å². The minimum Gasteiger partial charge on any atom is -0.370 e. The molecule has 0 rings (SSSR count). The summed E-state index contributed by atoms with van der Waals surface area (Å²) in [6.45, 7) is 1.98. The summed E-state index contributed by atoms with van der Waals surface area (Å²) in [5, 5.41) is 8.37. The van der Waals surface area contributed by atoms with Crippen LogP contribution in [0, 0.1) is 5.92 Å². The van der Waals surface area contributed by atoms with Crippen molar-refractivity contribution in [1.29, 1.82) is 0 Å². The average molecular weight is 188 g/mol. The Hall–Kier alpha value is -1.10. The number of primary amides is 1. The number of amides is 2. The minimum atomic E-state index is -0.535. The maximum absolute atomic E-state index is 11.0. The largest absolute Gasteiger partial charge is 0.370 e. The van der Waals surface area contributed by atoms with Crippen LogP contribution in [-0.2, 0) is 9.59 Å². The molecular formula is C8H16N2O3. The van der Waals surface area contributed by atoms with Crippen molar-refractivity contribution in [3.05, 3.63) is 0 Å². The molecular weight excluding hydrogens is 172 g/mol. The van der Waals surface area contributed by atoms with E-state index in [4.69, 9.17) is 10.9 Å². The molecule has 0 saturated heterocycles. The molecule has 0 spiro atoms. The zero-order valence-corrected chi connectivity index (χ0v) is 7.75. The lowest BCUT2D eigenvalue weighted by molar-refractivity contribution is -0.136. The number of hydrogen-bond acceptors (Lipinski definition) is 3. The van der Waals surface area contributed by atoms with E-state index in [1.54, 1.807) is 0 Å². The van der Waals surface area contributed by atoms with Crippen LogP contribution in [0.3, 0.4) is 0 Å². The van der Waals surface area contributed by atoms with Gasteiger partial charge in [-0.3, -0.25) is 14.8 Å². The summed E-state index contributed by atoms with van der Waals surface area (Å²) in [5.41, 5.74) is 6.49. The Morgan fingerprint density at radius 1 is 1.54 bits per heavy atom. The first-order valence-corrected chi connectivity index (χ1v) is 4.34. The summed E-state index contributed by atoms with van der Waals surface area (Å²) >= 11 is 0. The molecule has 0 radical (unpaired) electrons. The summed E-state index contributed by atoms with van der Waals surface area (Å²) < 4.78 is 0. The molecule has 13 heavy (non-hydrogen) atoms. The van der Waals surface area contributed by atoms with Crippen molar-refractivity contribution in [3.8, 4) is 0 Å². The van der Waals surface area contributed by atoms with Gasteiger partial charge in [-0.2, -0.15) is 0 Å². The van der Waals surface area contributed by atoms with Gasteiger partial charge in [0, 0.05) is 12.3 Å². The van der Waals surface area contributed by atoms with E-state index in [0.29, 0.717) is 6.42 Å². The van der Waals surface area contributed by atoms with Gasteiger partial charge in [-0.1, -0.05) is 19.8 Å². The second kappa shape index (κ2) is 6.42. The molecule has 0 aliphatic carbocycles. The van der Waals surface area contributed by atoms with Crippen molar-refractivity contribution < 1.29 is 14.8 Å². The smallest absolute Gasteiger partial charge is 0.246 e. The molecule has 0 aromatic heterocycles.